The minimum absolute atomic E-state index is 0.0766. The molecule has 0 bridgehead atoms. The van der Waals surface area contributed by atoms with Gasteiger partial charge < -0.3 is 13.7 Å². The Morgan fingerprint density at radius 1 is 1.23 bits per heavy atom. The molecule has 9 nitrogen and oxygen atoms in total. The van der Waals surface area contributed by atoms with E-state index >= 15 is 0 Å². The van der Waals surface area contributed by atoms with Gasteiger partial charge in [-0.25, -0.2) is 9.97 Å². The first-order valence-corrected chi connectivity index (χ1v) is 9.18. The van der Waals surface area contributed by atoms with Gasteiger partial charge in [-0.05, 0) is 38.1 Å². The van der Waals surface area contributed by atoms with Gasteiger partial charge in [0.05, 0.1) is 28.6 Å². The van der Waals surface area contributed by atoms with Crippen molar-refractivity contribution in [2.24, 2.45) is 0 Å². The number of carbonyl (C=O) groups excluding carboxylic acids is 1. The minimum atomic E-state index is -0.496. The summed E-state index contributed by atoms with van der Waals surface area (Å²) in [4.78, 5) is 31.3. The quantitative estimate of drug-likeness (QED) is 0.260. The summed E-state index contributed by atoms with van der Waals surface area (Å²) in [7, 11) is 0. The summed E-state index contributed by atoms with van der Waals surface area (Å²) >= 11 is 0. The highest BCUT2D eigenvalue weighted by Gasteiger charge is 2.18. The van der Waals surface area contributed by atoms with E-state index in [1.54, 1.807) is 6.26 Å². The number of Topliss-reactive ketones (excluding diaryl/α,β-unsaturated/α-hetero) is 1. The van der Waals surface area contributed by atoms with Crippen molar-refractivity contribution in [3.05, 3.63) is 81.8 Å². The number of fused-ring (bicyclic) bond motifs is 1. The summed E-state index contributed by atoms with van der Waals surface area (Å²) in [6.45, 7) is 4.13. The van der Waals surface area contributed by atoms with E-state index < -0.39 is 4.92 Å². The standard InChI is InChI=1S/C21H18N4O5/c1-13-8-18(14(2)24(13)10-16-4-3-7-29-16)20(26)11-30-21-17-6-5-15(25(27)28)9-19(17)22-12-23-21/h3-9,12H,10-11H2,1-2H3. The highest BCUT2D eigenvalue weighted by molar-refractivity contribution is 5.99. The normalized spacial score (nSPS) is 11.0. The molecule has 0 aliphatic heterocycles. The zero-order chi connectivity index (χ0) is 21.3. The zero-order valence-electron chi connectivity index (χ0n) is 16.4. The molecule has 0 aliphatic rings. The van der Waals surface area contributed by atoms with Crippen molar-refractivity contribution in [1.29, 1.82) is 0 Å². The van der Waals surface area contributed by atoms with Crippen LogP contribution in [0.15, 0.2) is 53.4 Å². The Morgan fingerprint density at radius 2 is 2.07 bits per heavy atom. The summed E-state index contributed by atoms with van der Waals surface area (Å²) in [6.07, 6.45) is 2.87. The number of hydrogen-bond donors (Lipinski definition) is 0. The number of aromatic nitrogens is 3. The number of hydrogen-bond acceptors (Lipinski definition) is 7. The van der Waals surface area contributed by atoms with Crippen LogP contribution < -0.4 is 4.74 Å². The third-order valence-electron chi connectivity index (χ3n) is 4.90. The molecule has 0 unspecified atom stereocenters. The minimum Gasteiger partial charge on any atom is -0.469 e. The van der Waals surface area contributed by atoms with Crippen LogP contribution in [-0.2, 0) is 6.54 Å². The molecule has 4 rings (SSSR count). The first kappa shape index (κ1) is 19.3. The molecule has 0 radical (unpaired) electrons. The van der Waals surface area contributed by atoms with Gasteiger partial charge in [-0.1, -0.05) is 0 Å². The molecule has 4 aromatic rings. The fourth-order valence-corrected chi connectivity index (χ4v) is 3.35. The molecule has 0 atom stereocenters. The van der Waals surface area contributed by atoms with Crippen LogP contribution in [0, 0.1) is 24.0 Å². The van der Waals surface area contributed by atoms with Crippen LogP contribution in [0.2, 0.25) is 0 Å². The second-order valence-electron chi connectivity index (χ2n) is 6.80. The number of rotatable bonds is 7. The van der Waals surface area contributed by atoms with Gasteiger partial charge in [0.1, 0.15) is 12.1 Å². The Bertz CT molecular complexity index is 1240. The lowest BCUT2D eigenvalue weighted by molar-refractivity contribution is -0.384. The van der Waals surface area contributed by atoms with E-state index in [4.69, 9.17) is 9.15 Å². The molecule has 3 aromatic heterocycles. The maximum absolute atomic E-state index is 12.8. The first-order chi connectivity index (χ1) is 14.4. The maximum atomic E-state index is 12.8. The number of furan rings is 1. The van der Waals surface area contributed by atoms with Crippen molar-refractivity contribution in [3.63, 3.8) is 0 Å². The molecule has 0 fully saturated rings. The smallest absolute Gasteiger partial charge is 0.271 e. The molecule has 0 saturated carbocycles. The molecule has 0 spiro atoms. The van der Waals surface area contributed by atoms with E-state index in [-0.39, 0.29) is 24.0 Å². The number of nitro benzene ring substituents is 1. The maximum Gasteiger partial charge on any atom is 0.271 e. The van der Waals surface area contributed by atoms with Crippen molar-refractivity contribution in [2.75, 3.05) is 6.61 Å². The van der Waals surface area contributed by atoms with Crippen molar-refractivity contribution >= 4 is 22.4 Å². The van der Waals surface area contributed by atoms with Crippen LogP contribution in [0.25, 0.3) is 10.9 Å². The lowest BCUT2D eigenvalue weighted by atomic mass is 10.1. The molecule has 3 heterocycles. The van der Waals surface area contributed by atoms with E-state index in [9.17, 15) is 14.9 Å². The summed E-state index contributed by atoms with van der Waals surface area (Å²) in [5.41, 5.74) is 2.62. The number of ketones is 1. The molecule has 0 saturated heterocycles. The van der Waals surface area contributed by atoms with E-state index in [0.29, 0.717) is 23.0 Å². The van der Waals surface area contributed by atoms with E-state index in [0.717, 1.165) is 17.1 Å². The van der Waals surface area contributed by atoms with Gasteiger partial charge in [0.15, 0.2) is 6.61 Å². The Labute approximate surface area is 171 Å². The number of nitro groups is 1. The van der Waals surface area contributed by atoms with Crippen molar-refractivity contribution < 1.29 is 18.9 Å². The molecule has 1 aromatic carbocycles. The zero-order valence-corrected chi connectivity index (χ0v) is 16.4. The number of ether oxygens (including phenoxy) is 1. The lowest BCUT2D eigenvalue weighted by Crippen LogP contribution is -2.14. The fourth-order valence-electron chi connectivity index (χ4n) is 3.35. The van der Waals surface area contributed by atoms with Gasteiger partial charge in [0.25, 0.3) is 5.69 Å². The van der Waals surface area contributed by atoms with Crippen LogP contribution in [-0.4, -0.2) is 31.8 Å². The number of carbonyl (C=O) groups is 1. The second kappa shape index (κ2) is 7.78. The van der Waals surface area contributed by atoms with Crippen molar-refractivity contribution in [3.8, 4) is 5.88 Å². The Kier molecular flexibility index (Phi) is 5.01. The summed E-state index contributed by atoms with van der Waals surface area (Å²) in [6, 6.07) is 9.74. The van der Waals surface area contributed by atoms with Gasteiger partial charge in [-0.3, -0.25) is 14.9 Å². The van der Waals surface area contributed by atoms with Crippen LogP contribution >= 0.6 is 0 Å². The van der Waals surface area contributed by atoms with Gasteiger partial charge in [-0.2, -0.15) is 0 Å². The summed E-state index contributed by atoms with van der Waals surface area (Å²) in [5.74, 6) is 0.809. The van der Waals surface area contributed by atoms with E-state index in [2.05, 4.69) is 9.97 Å². The average Bonchev–Trinajstić information content (AvgIpc) is 3.35. The second-order valence-corrected chi connectivity index (χ2v) is 6.80. The molecule has 152 valence electrons. The van der Waals surface area contributed by atoms with Gasteiger partial charge in [0.2, 0.25) is 11.7 Å². The molecule has 0 aliphatic carbocycles. The average molecular weight is 406 g/mol. The molecule has 0 N–H and O–H groups in total. The lowest BCUT2D eigenvalue weighted by Gasteiger charge is -2.09. The number of non-ortho nitro benzene ring substituents is 1. The van der Waals surface area contributed by atoms with Crippen LogP contribution in [0.1, 0.15) is 27.5 Å². The van der Waals surface area contributed by atoms with Crippen LogP contribution in [0.5, 0.6) is 5.88 Å². The Morgan fingerprint density at radius 3 is 2.80 bits per heavy atom. The molecular formula is C21H18N4O5. The summed E-state index contributed by atoms with van der Waals surface area (Å²) in [5, 5.41) is 11.4. The highest BCUT2D eigenvalue weighted by Crippen LogP contribution is 2.25. The first-order valence-electron chi connectivity index (χ1n) is 9.18. The SMILES string of the molecule is Cc1cc(C(=O)COc2ncnc3cc([N+](=O)[O-])ccc23)c(C)n1Cc1ccco1. The predicted molar refractivity (Wildman–Crippen MR) is 108 cm³/mol. The monoisotopic (exact) mass is 406 g/mol. The Hall–Kier alpha value is -4.01. The van der Waals surface area contributed by atoms with Crippen LogP contribution in [0.3, 0.4) is 0 Å². The molecular weight excluding hydrogens is 388 g/mol. The number of benzene rings is 1. The van der Waals surface area contributed by atoms with Gasteiger partial charge in [0, 0.05) is 29.1 Å². The number of nitrogens with zero attached hydrogens (tertiary/aromatic N) is 4. The molecule has 0 amide bonds. The van der Waals surface area contributed by atoms with Crippen molar-refractivity contribution in [2.45, 2.75) is 20.4 Å². The van der Waals surface area contributed by atoms with E-state index in [1.165, 1.54) is 24.5 Å². The fraction of sp³-hybridized carbons (Fsp3) is 0.190. The Balaban J connectivity index is 1.53. The topological polar surface area (TPSA) is 113 Å². The van der Waals surface area contributed by atoms with Gasteiger partial charge >= 0.3 is 0 Å². The third-order valence-corrected chi connectivity index (χ3v) is 4.90. The molecule has 9 heteroatoms. The van der Waals surface area contributed by atoms with Crippen LogP contribution in [0.4, 0.5) is 5.69 Å². The summed E-state index contributed by atoms with van der Waals surface area (Å²) < 4.78 is 13.1. The highest BCUT2D eigenvalue weighted by atomic mass is 16.6. The largest absolute Gasteiger partial charge is 0.469 e. The predicted octanol–water partition coefficient (Wildman–Crippen LogP) is 3.86. The molecule has 30 heavy (non-hydrogen) atoms. The van der Waals surface area contributed by atoms with Gasteiger partial charge in [-0.15, -0.1) is 0 Å². The van der Waals surface area contributed by atoms with E-state index in [1.807, 2.05) is 36.6 Å². The number of aryl methyl sites for hydroxylation is 1. The van der Waals surface area contributed by atoms with Crippen molar-refractivity contribution in [1.82, 2.24) is 14.5 Å². The third kappa shape index (κ3) is 3.64.